The van der Waals surface area contributed by atoms with Crippen molar-refractivity contribution in [1.29, 1.82) is 0 Å². The van der Waals surface area contributed by atoms with Crippen molar-refractivity contribution in [3.8, 4) is 0 Å². The van der Waals surface area contributed by atoms with Gasteiger partial charge in [-0.15, -0.1) is 11.8 Å². The molecule has 0 radical (unpaired) electrons. The minimum absolute atomic E-state index is 0.132. The molecule has 0 atom stereocenters. The molecule has 0 spiro atoms. The lowest BCUT2D eigenvalue weighted by atomic mass is 10.2. The molecule has 6 nitrogen and oxygen atoms in total. The molecule has 26 heavy (non-hydrogen) atoms. The predicted molar refractivity (Wildman–Crippen MR) is 103 cm³/mol. The smallest absolute Gasteiger partial charge is 0.339 e. The average Bonchev–Trinajstić information content (AvgIpc) is 2.61. The molecular weight excluding hydrogens is 376 g/mol. The zero-order valence-electron chi connectivity index (χ0n) is 14.2. The first-order valence-corrected chi connectivity index (χ1v) is 8.94. The van der Waals surface area contributed by atoms with E-state index in [2.05, 4.69) is 15.4 Å². The quantitative estimate of drug-likeness (QED) is 0.576. The first-order valence-electron chi connectivity index (χ1n) is 7.58. The molecule has 0 fully saturated rings. The van der Waals surface area contributed by atoms with Crippen LogP contribution in [-0.2, 0) is 14.3 Å². The lowest BCUT2D eigenvalue weighted by Crippen LogP contribution is -2.15. The van der Waals surface area contributed by atoms with Gasteiger partial charge >= 0.3 is 5.97 Å². The highest BCUT2D eigenvalue weighted by Gasteiger charge is 2.13. The number of hydrogen-bond acceptors (Lipinski definition) is 5. The molecule has 0 bridgehead atoms. The van der Waals surface area contributed by atoms with Gasteiger partial charge in [-0.3, -0.25) is 9.59 Å². The molecule has 0 aliphatic heterocycles. The number of ether oxygens (including phenoxy) is 1. The zero-order valence-corrected chi connectivity index (χ0v) is 15.7. The van der Waals surface area contributed by atoms with Gasteiger partial charge < -0.3 is 15.4 Å². The third kappa shape index (κ3) is 5.50. The summed E-state index contributed by atoms with van der Waals surface area (Å²) in [5.74, 6) is -0.887. The maximum absolute atomic E-state index is 12.2. The van der Waals surface area contributed by atoms with Gasteiger partial charge in [0.25, 0.3) is 0 Å². The maximum atomic E-state index is 12.2. The number of hydrogen-bond donors (Lipinski definition) is 2. The van der Waals surface area contributed by atoms with Crippen molar-refractivity contribution in [2.75, 3.05) is 23.5 Å². The van der Waals surface area contributed by atoms with Crippen molar-refractivity contribution < 1.29 is 19.1 Å². The molecule has 2 amide bonds. The van der Waals surface area contributed by atoms with Crippen LogP contribution in [0.2, 0.25) is 5.02 Å². The first kappa shape index (κ1) is 19.8. The Hall–Kier alpha value is -2.51. The van der Waals surface area contributed by atoms with E-state index in [9.17, 15) is 14.4 Å². The van der Waals surface area contributed by atoms with Crippen LogP contribution in [0, 0.1) is 0 Å². The van der Waals surface area contributed by atoms with Crippen LogP contribution in [-0.4, -0.2) is 30.6 Å². The van der Waals surface area contributed by atoms with Crippen LogP contribution >= 0.6 is 23.4 Å². The van der Waals surface area contributed by atoms with Crippen LogP contribution < -0.4 is 10.6 Å². The zero-order chi connectivity index (χ0) is 19.1. The van der Waals surface area contributed by atoms with E-state index in [0.717, 1.165) is 4.90 Å². The molecule has 0 unspecified atom stereocenters. The standard InChI is InChI=1S/C18H17ClN2O4S/c1-11(22)20-15-5-3-4-6-16(15)26-10-17(23)21-12-7-8-14(19)13(9-12)18(24)25-2/h3-9H,10H2,1-2H3,(H,20,22)(H,21,23). The van der Waals surface area contributed by atoms with Gasteiger partial charge in [-0.05, 0) is 30.3 Å². The Balaban J connectivity index is 2.02. The molecular formula is C18H17ClN2O4S. The number of thioether (sulfide) groups is 1. The number of rotatable bonds is 6. The number of carbonyl (C=O) groups is 3. The third-order valence-electron chi connectivity index (χ3n) is 3.21. The number of para-hydroxylation sites is 1. The Bertz CT molecular complexity index is 842. The molecule has 0 saturated heterocycles. The van der Waals surface area contributed by atoms with E-state index in [4.69, 9.17) is 11.6 Å². The van der Waals surface area contributed by atoms with Gasteiger partial charge in [0.1, 0.15) is 0 Å². The third-order valence-corrected chi connectivity index (χ3v) is 4.62. The molecule has 2 aromatic carbocycles. The van der Waals surface area contributed by atoms with E-state index in [1.807, 2.05) is 12.1 Å². The monoisotopic (exact) mass is 392 g/mol. The molecule has 0 aliphatic carbocycles. The fourth-order valence-electron chi connectivity index (χ4n) is 2.10. The van der Waals surface area contributed by atoms with Gasteiger partial charge in [-0.2, -0.15) is 0 Å². The Labute approximate surface area is 160 Å². The summed E-state index contributed by atoms with van der Waals surface area (Å²) < 4.78 is 4.65. The Morgan fingerprint density at radius 3 is 2.54 bits per heavy atom. The van der Waals surface area contributed by atoms with Crippen molar-refractivity contribution >= 4 is 52.5 Å². The normalized spacial score (nSPS) is 10.1. The summed E-state index contributed by atoms with van der Waals surface area (Å²) in [4.78, 5) is 35.9. The van der Waals surface area contributed by atoms with Gasteiger partial charge in [-0.1, -0.05) is 23.7 Å². The van der Waals surface area contributed by atoms with Crippen LogP contribution in [0.3, 0.4) is 0 Å². The number of benzene rings is 2. The molecule has 2 aromatic rings. The number of amides is 2. The first-order chi connectivity index (χ1) is 12.4. The van der Waals surface area contributed by atoms with E-state index < -0.39 is 5.97 Å². The second-order valence-electron chi connectivity index (χ2n) is 5.20. The van der Waals surface area contributed by atoms with E-state index in [1.165, 1.54) is 37.9 Å². The largest absolute Gasteiger partial charge is 0.465 e. The average molecular weight is 393 g/mol. The molecule has 0 heterocycles. The van der Waals surface area contributed by atoms with Gasteiger partial charge in [0.2, 0.25) is 11.8 Å². The van der Waals surface area contributed by atoms with Crippen molar-refractivity contribution in [2.45, 2.75) is 11.8 Å². The topological polar surface area (TPSA) is 84.5 Å². The summed E-state index contributed by atoms with van der Waals surface area (Å²) in [6.45, 7) is 1.42. The van der Waals surface area contributed by atoms with Crippen LogP contribution in [0.5, 0.6) is 0 Å². The van der Waals surface area contributed by atoms with Crippen LogP contribution in [0.25, 0.3) is 0 Å². The summed E-state index contributed by atoms with van der Waals surface area (Å²) >= 11 is 7.24. The number of halogens is 1. The summed E-state index contributed by atoms with van der Waals surface area (Å²) in [5.41, 5.74) is 1.27. The lowest BCUT2D eigenvalue weighted by Gasteiger charge is -2.10. The second-order valence-corrected chi connectivity index (χ2v) is 6.62. The van der Waals surface area contributed by atoms with Gasteiger partial charge in [0.05, 0.1) is 29.1 Å². The van der Waals surface area contributed by atoms with Crippen molar-refractivity contribution in [3.63, 3.8) is 0 Å². The molecule has 0 saturated carbocycles. The van der Waals surface area contributed by atoms with Crippen LogP contribution in [0.15, 0.2) is 47.4 Å². The number of anilines is 2. The Morgan fingerprint density at radius 2 is 1.85 bits per heavy atom. The van der Waals surface area contributed by atoms with E-state index in [-0.39, 0.29) is 28.2 Å². The van der Waals surface area contributed by atoms with Crippen LogP contribution in [0.1, 0.15) is 17.3 Å². The van der Waals surface area contributed by atoms with Crippen molar-refractivity contribution in [3.05, 3.63) is 53.1 Å². The molecule has 0 aromatic heterocycles. The van der Waals surface area contributed by atoms with Gasteiger partial charge in [-0.25, -0.2) is 4.79 Å². The second kappa shape index (κ2) is 9.26. The molecule has 136 valence electrons. The molecule has 2 N–H and O–H groups in total. The Kier molecular flexibility index (Phi) is 7.06. The molecule has 2 rings (SSSR count). The van der Waals surface area contributed by atoms with E-state index >= 15 is 0 Å². The fraction of sp³-hybridized carbons (Fsp3) is 0.167. The highest BCUT2D eigenvalue weighted by atomic mass is 35.5. The minimum Gasteiger partial charge on any atom is -0.465 e. The number of esters is 1. The number of methoxy groups -OCH3 is 1. The van der Waals surface area contributed by atoms with Crippen molar-refractivity contribution in [1.82, 2.24) is 0 Å². The van der Waals surface area contributed by atoms with Gasteiger partial charge in [0.15, 0.2) is 0 Å². The highest BCUT2D eigenvalue weighted by Crippen LogP contribution is 2.27. The lowest BCUT2D eigenvalue weighted by molar-refractivity contribution is -0.114. The van der Waals surface area contributed by atoms with E-state index in [0.29, 0.717) is 11.4 Å². The van der Waals surface area contributed by atoms with Crippen molar-refractivity contribution in [2.24, 2.45) is 0 Å². The number of nitrogens with one attached hydrogen (secondary N) is 2. The highest BCUT2D eigenvalue weighted by molar-refractivity contribution is 8.00. The minimum atomic E-state index is -0.579. The summed E-state index contributed by atoms with van der Waals surface area (Å²) in [6.07, 6.45) is 0. The molecule has 0 aliphatic rings. The summed E-state index contributed by atoms with van der Waals surface area (Å²) in [7, 11) is 1.26. The summed E-state index contributed by atoms with van der Waals surface area (Å²) in [5, 5.41) is 5.67. The predicted octanol–water partition coefficient (Wildman–Crippen LogP) is 3.82. The van der Waals surface area contributed by atoms with E-state index in [1.54, 1.807) is 18.2 Å². The summed E-state index contributed by atoms with van der Waals surface area (Å²) in [6, 6.07) is 11.8. The maximum Gasteiger partial charge on any atom is 0.339 e. The van der Waals surface area contributed by atoms with Gasteiger partial charge in [0, 0.05) is 17.5 Å². The fourth-order valence-corrected chi connectivity index (χ4v) is 3.10. The molecule has 8 heteroatoms. The number of carbonyl (C=O) groups excluding carboxylic acids is 3. The van der Waals surface area contributed by atoms with Crippen LogP contribution in [0.4, 0.5) is 11.4 Å². The Morgan fingerprint density at radius 1 is 1.12 bits per heavy atom. The SMILES string of the molecule is COC(=O)c1cc(NC(=O)CSc2ccccc2NC(C)=O)ccc1Cl.